The first-order valence-corrected chi connectivity index (χ1v) is 8.53. The Labute approximate surface area is 168 Å². The predicted octanol–water partition coefficient (Wildman–Crippen LogP) is 2.69. The van der Waals surface area contributed by atoms with Gasteiger partial charge in [0.25, 0.3) is 17.5 Å². The molecule has 0 bridgehead atoms. The van der Waals surface area contributed by atoms with Crippen molar-refractivity contribution in [1.82, 2.24) is 5.32 Å². The molecule has 0 aliphatic rings. The molecule has 0 aromatic heterocycles. The van der Waals surface area contributed by atoms with Crippen molar-refractivity contribution < 1.29 is 28.4 Å². The van der Waals surface area contributed by atoms with Gasteiger partial charge in [-0.1, -0.05) is 17.7 Å². The van der Waals surface area contributed by atoms with E-state index < -0.39 is 46.9 Å². The van der Waals surface area contributed by atoms with Crippen LogP contribution in [0.15, 0.2) is 42.5 Å². The molecule has 1 atom stereocenters. The first-order chi connectivity index (χ1) is 13.7. The third-order valence-electron chi connectivity index (χ3n) is 3.57. The first kappa shape index (κ1) is 21.8. The maximum Gasteiger partial charge on any atom is 0.326 e. The molecule has 1 unspecified atom stereocenters. The zero-order valence-corrected chi connectivity index (χ0v) is 15.7. The van der Waals surface area contributed by atoms with Crippen molar-refractivity contribution in [3.8, 4) is 0 Å². The second-order valence-electron chi connectivity index (χ2n) is 5.74. The molecule has 152 valence electrons. The van der Waals surface area contributed by atoms with E-state index in [4.69, 9.17) is 16.3 Å². The van der Waals surface area contributed by atoms with E-state index in [1.54, 1.807) is 0 Å². The number of amides is 2. The highest BCUT2D eigenvalue weighted by atomic mass is 35.5. The molecule has 0 heterocycles. The maximum atomic E-state index is 13.1. The number of anilines is 1. The van der Waals surface area contributed by atoms with Crippen LogP contribution in [0, 0.1) is 15.9 Å². The molecule has 2 aromatic carbocycles. The Hall–Kier alpha value is -3.53. The van der Waals surface area contributed by atoms with Gasteiger partial charge < -0.3 is 15.4 Å². The average molecular weight is 424 g/mol. The minimum Gasteiger partial charge on any atom is -0.451 e. The van der Waals surface area contributed by atoms with Crippen LogP contribution in [0.1, 0.15) is 17.3 Å². The van der Waals surface area contributed by atoms with Gasteiger partial charge in [-0.15, -0.1) is 0 Å². The van der Waals surface area contributed by atoms with Gasteiger partial charge in [-0.25, -0.2) is 4.39 Å². The van der Waals surface area contributed by atoms with Crippen LogP contribution in [0.3, 0.4) is 0 Å². The number of rotatable bonds is 7. The van der Waals surface area contributed by atoms with Crippen molar-refractivity contribution in [2.45, 2.75) is 13.0 Å². The minimum absolute atomic E-state index is 0.0780. The van der Waals surface area contributed by atoms with E-state index in [1.165, 1.54) is 37.3 Å². The smallest absolute Gasteiger partial charge is 0.326 e. The van der Waals surface area contributed by atoms with E-state index in [0.29, 0.717) is 0 Å². The Kier molecular flexibility index (Phi) is 7.21. The van der Waals surface area contributed by atoms with Crippen LogP contribution < -0.4 is 10.6 Å². The zero-order valence-electron chi connectivity index (χ0n) is 15.0. The molecule has 0 aliphatic heterocycles. The summed E-state index contributed by atoms with van der Waals surface area (Å²) in [4.78, 5) is 45.9. The molecule has 0 saturated heterocycles. The van der Waals surface area contributed by atoms with Crippen molar-refractivity contribution in [3.05, 3.63) is 69.0 Å². The second kappa shape index (κ2) is 9.60. The lowest BCUT2D eigenvalue weighted by atomic mass is 10.2. The highest BCUT2D eigenvalue weighted by Crippen LogP contribution is 2.24. The molecule has 2 rings (SSSR count). The normalized spacial score (nSPS) is 11.3. The quantitative estimate of drug-likeness (QED) is 0.400. The van der Waals surface area contributed by atoms with Crippen LogP contribution in [0.2, 0.25) is 5.02 Å². The fourth-order valence-electron chi connectivity index (χ4n) is 2.15. The first-order valence-electron chi connectivity index (χ1n) is 8.15. The fraction of sp³-hybridized carbons (Fsp3) is 0.167. The maximum absolute atomic E-state index is 13.1. The van der Waals surface area contributed by atoms with E-state index >= 15 is 0 Å². The number of hydrogen-bond acceptors (Lipinski definition) is 6. The second-order valence-corrected chi connectivity index (χ2v) is 6.14. The Bertz CT molecular complexity index is 968. The van der Waals surface area contributed by atoms with Crippen LogP contribution in [0.4, 0.5) is 15.8 Å². The van der Waals surface area contributed by atoms with Crippen molar-refractivity contribution >= 4 is 40.8 Å². The molecule has 0 radical (unpaired) electrons. The van der Waals surface area contributed by atoms with Crippen LogP contribution in [-0.4, -0.2) is 35.4 Å². The van der Waals surface area contributed by atoms with Crippen LogP contribution in [-0.2, 0) is 14.3 Å². The Morgan fingerprint density at radius 3 is 2.62 bits per heavy atom. The van der Waals surface area contributed by atoms with Crippen molar-refractivity contribution in [2.75, 3.05) is 11.9 Å². The molecule has 29 heavy (non-hydrogen) atoms. The Balaban J connectivity index is 1.87. The number of halogens is 2. The van der Waals surface area contributed by atoms with Gasteiger partial charge in [-0.05, 0) is 37.3 Å². The summed E-state index contributed by atoms with van der Waals surface area (Å²) in [6.07, 6.45) is -1.21. The number of carbonyl (C=O) groups is 3. The van der Waals surface area contributed by atoms with Crippen molar-refractivity contribution in [3.63, 3.8) is 0 Å². The molecule has 2 aromatic rings. The SMILES string of the molecule is CC(OC(=O)CNC(=O)c1ccc(Cl)c([N+](=O)[O-])c1)C(=O)Nc1cccc(F)c1. The predicted molar refractivity (Wildman–Crippen MR) is 101 cm³/mol. The van der Waals surface area contributed by atoms with E-state index in [2.05, 4.69) is 10.6 Å². The number of benzene rings is 2. The van der Waals surface area contributed by atoms with Gasteiger partial charge in [0.2, 0.25) is 0 Å². The number of nitrogens with one attached hydrogen (secondary N) is 2. The highest BCUT2D eigenvalue weighted by Gasteiger charge is 2.20. The Morgan fingerprint density at radius 2 is 1.97 bits per heavy atom. The summed E-state index contributed by atoms with van der Waals surface area (Å²) >= 11 is 5.67. The van der Waals surface area contributed by atoms with Crippen LogP contribution in [0.25, 0.3) is 0 Å². The van der Waals surface area contributed by atoms with Crippen LogP contribution in [0.5, 0.6) is 0 Å². The van der Waals surface area contributed by atoms with Gasteiger partial charge in [-0.3, -0.25) is 24.5 Å². The molecule has 0 fully saturated rings. The van der Waals surface area contributed by atoms with Gasteiger partial charge in [0.15, 0.2) is 6.10 Å². The summed E-state index contributed by atoms with van der Waals surface area (Å²) in [5.41, 5.74) is -0.342. The minimum atomic E-state index is -1.21. The number of carbonyl (C=O) groups excluding carboxylic acids is 3. The van der Waals surface area contributed by atoms with Crippen molar-refractivity contribution in [2.24, 2.45) is 0 Å². The fourth-order valence-corrected chi connectivity index (χ4v) is 2.34. The molecule has 2 amide bonds. The van der Waals surface area contributed by atoms with Crippen molar-refractivity contribution in [1.29, 1.82) is 0 Å². The summed E-state index contributed by atoms with van der Waals surface area (Å²) in [6.45, 7) is 0.726. The van der Waals surface area contributed by atoms with E-state index in [9.17, 15) is 28.9 Å². The molecule has 0 aliphatic carbocycles. The number of hydrogen-bond donors (Lipinski definition) is 2. The summed E-state index contributed by atoms with van der Waals surface area (Å²) in [7, 11) is 0. The zero-order chi connectivity index (χ0) is 21.6. The third-order valence-corrected chi connectivity index (χ3v) is 3.89. The van der Waals surface area contributed by atoms with E-state index in [1.807, 2.05) is 0 Å². The molecule has 0 spiro atoms. The number of nitro groups is 1. The van der Waals surface area contributed by atoms with Gasteiger partial charge in [-0.2, -0.15) is 0 Å². The molecule has 9 nitrogen and oxygen atoms in total. The number of esters is 1. The monoisotopic (exact) mass is 423 g/mol. The van der Waals surface area contributed by atoms with E-state index in [0.717, 1.165) is 12.1 Å². The third kappa shape index (κ3) is 6.25. The van der Waals surface area contributed by atoms with Gasteiger partial charge >= 0.3 is 5.97 Å². The molecule has 11 heteroatoms. The van der Waals surface area contributed by atoms with E-state index in [-0.39, 0.29) is 16.3 Å². The lowest BCUT2D eigenvalue weighted by molar-refractivity contribution is -0.384. The Morgan fingerprint density at radius 1 is 1.24 bits per heavy atom. The summed E-state index contributed by atoms with van der Waals surface area (Å²) < 4.78 is 18.0. The lowest BCUT2D eigenvalue weighted by Crippen LogP contribution is -2.35. The molecular formula is C18H15ClFN3O6. The van der Waals surface area contributed by atoms with Gasteiger partial charge in [0, 0.05) is 17.3 Å². The molecule has 0 saturated carbocycles. The highest BCUT2D eigenvalue weighted by molar-refractivity contribution is 6.32. The van der Waals surface area contributed by atoms with Gasteiger partial charge in [0.1, 0.15) is 17.4 Å². The molecular weight excluding hydrogens is 409 g/mol. The average Bonchev–Trinajstić information content (AvgIpc) is 2.66. The number of nitrogens with zero attached hydrogens (tertiary/aromatic N) is 1. The van der Waals surface area contributed by atoms with Crippen LogP contribution >= 0.6 is 11.6 Å². The standard InChI is InChI=1S/C18H15ClFN3O6/c1-10(17(25)22-13-4-2-3-12(20)8-13)29-16(24)9-21-18(26)11-5-6-14(19)15(7-11)23(27)28/h2-8,10H,9H2,1H3,(H,21,26)(H,22,25). The molecule has 2 N–H and O–H groups in total. The summed E-state index contributed by atoms with van der Waals surface area (Å²) in [5, 5.41) is 15.3. The lowest BCUT2D eigenvalue weighted by Gasteiger charge is -2.14. The number of nitro benzene ring substituents is 1. The van der Waals surface area contributed by atoms with Gasteiger partial charge in [0.05, 0.1) is 4.92 Å². The summed E-state index contributed by atoms with van der Waals surface area (Å²) in [6, 6.07) is 8.57. The topological polar surface area (TPSA) is 128 Å². The largest absolute Gasteiger partial charge is 0.451 e. The summed E-state index contributed by atoms with van der Waals surface area (Å²) in [5.74, 6) is -2.91. The number of ether oxygens (including phenoxy) is 1.